The summed E-state index contributed by atoms with van der Waals surface area (Å²) in [7, 11) is -3.71. The molecular weight excluding hydrogens is 474 g/mol. The van der Waals surface area contributed by atoms with Crippen molar-refractivity contribution in [3.63, 3.8) is 0 Å². The van der Waals surface area contributed by atoms with Gasteiger partial charge in [0.05, 0.1) is 11.5 Å². The van der Waals surface area contributed by atoms with E-state index in [-0.39, 0.29) is 10.8 Å². The fourth-order valence-corrected chi connectivity index (χ4v) is 4.80. The Morgan fingerprint density at radius 1 is 0.972 bits per heavy atom. The Morgan fingerprint density at radius 2 is 1.78 bits per heavy atom. The van der Waals surface area contributed by atoms with E-state index in [1.165, 1.54) is 23.3 Å². The van der Waals surface area contributed by atoms with E-state index >= 15 is 0 Å². The van der Waals surface area contributed by atoms with Crippen LogP contribution in [0.15, 0.2) is 71.6 Å². The number of rotatable bonds is 5. The monoisotopic (exact) mass is 507 g/mol. The molecule has 3 aromatic carbocycles. The first-order valence-electron chi connectivity index (χ1n) is 12.3. The van der Waals surface area contributed by atoms with Crippen molar-refractivity contribution in [3.05, 3.63) is 94.5 Å². The summed E-state index contributed by atoms with van der Waals surface area (Å²) in [5.74, 6) is 0.665. The van der Waals surface area contributed by atoms with E-state index in [0.717, 1.165) is 49.2 Å². The second kappa shape index (κ2) is 12.2. The summed E-state index contributed by atoms with van der Waals surface area (Å²) in [5.41, 5.74) is 4.91. The van der Waals surface area contributed by atoms with Crippen LogP contribution in [0.1, 0.15) is 51.9 Å². The fraction of sp³-hybridized carbons (Fsp3) is 0.321. The standard InChI is InChI=1S/C28H33N3O4S/c29-36(33,34)26-10-7-21(8-11-26)13-15-31-28(32)24-9-12-27-25(19-24)18-22-5-4-6-23(17-22)20-30-14-2-1-3-16-35-27/h4-12,17,19,30H,1-3,13-16,18,20H2,(H,31,32)(H2,29,33,34). The van der Waals surface area contributed by atoms with Crippen LogP contribution in [0.3, 0.4) is 0 Å². The maximum Gasteiger partial charge on any atom is 0.251 e. The molecule has 0 saturated carbocycles. The predicted molar refractivity (Wildman–Crippen MR) is 141 cm³/mol. The van der Waals surface area contributed by atoms with Gasteiger partial charge in [-0.1, -0.05) is 36.4 Å². The number of primary sulfonamides is 1. The van der Waals surface area contributed by atoms with Gasteiger partial charge in [0.25, 0.3) is 5.91 Å². The minimum Gasteiger partial charge on any atom is -0.493 e. The van der Waals surface area contributed by atoms with Gasteiger partial charge in [-0.15, -0.1) is 0 Å². The highest BCUT2D eigenvalue weighted by Gasteiger charge is 2.13. The highest BCUT2D eigenvalue weighted by Crippen LogP contribution is 2.25. The van der Waals surface area contributed by atoms with Gasteiger partial charge in [0, 0.05) is 25.1 Å². The molecule has 1 amide bonds. The zero-order valence-electron chi connectivity index (χ0n) is 20.3. The van der Waals surface area contributed by atoms with Crippen molar-refractivity contribution in [3.8, 4) is 5.75 Å². The maximum absolute atomic E-state index is 12.9. The molecule has 2 bridgehead atoms. The van der Waals surface area contributed by atoms with E-state index in [0.29, 0.717) is 31.6 Å². The smallest absolute Gasteiger partial charge is 0.251 e. The van der Waals surface area contributed by atoms with Gasteiger partial charge < -0.3 is 15.4 Å². The van der Waals surface area contributed by atoms with Crippen LogP contribution < -0.4 is 20.5 Å². The van der Waals surface area contributed by atoms with Gasteiger partial charge in [0.2, 0.25) is 10.0 Å². The van der Waals surface area contributed by atoms with E-state index in [2.05, 4.69) is 34.9 Å². The van der Waals surface area contributed by atoms with Crippen molar-refractivity contribution in [2.45, 2.75) is 43.5 Å². The van der Waals surface area contributed by atoms with Gasteiger partial charge in [-0.2, -0.15) is 0 Å². The van der Waals surface area contributed by atoms with Crippen LogP contribution in [-0.4, -0.2) is 34.0 Å². The van der Waals surface area contributed by atoms with Crippen LogP contribution in [0.4, 0.5) is 0 Å². The number of hydrogen-bond acceptors (Lipinski definition) is 5. The minimum atomic E-state index is -3.71. The van der Waals surface area contributed by atoms with Crippen LogP contribution in [0.5, 0.6) is 5.75 Å². The van der Waals surface area contributed by atoms with Crippen LogP contribution in [0.25, 0.3) is 0 Å². The molecule has 0 aromatic heterocycles. The first kappa shape index (κ1) is 25.9. The molecule has 1 heterocycles. The second-order valence-corrected chi connectivity index (χ2v) is 10.7. The summed E-state index contributed by atoms with van der Waals surface area (Å²) in [6.07, 6.45) is 4.47. The number of carbonyl (C=O) groups is 1. The number of carbonyl (C=O) groups excluding carboxylic acids is 1. The maximum atomic E-state index is 12.9. The fourth-order valence-electron chi connectivity index (χ4n) is 4.28. The summed E-state index contributed by atoms with van der Waals surface area (Å²) in [4.78, 5) is 13.0. The molecule has 0 saturated heterocycles. The molecule has 0 radical (unpaired) electrons. The summed E-state index contributed by atoms with van der Waals surface area (Å²) in [6.45, 7) is 2.93. The normalized spacial score (nSPS) is 14.7. The molecule has 0 fully saturated rings. The van der Waals surface area contributed by atoms with E-state index in [1.54, 1.807) is 18.2 Å². The molecule has 4 rings (SSSR count). The Hall–Kier alpha value is -3.20. The largest absolute Gasteiger partial charge is 0.493 e. The van der Waals surface area contributed by atoms with Crippen molar-refractivity contribution in [2.24, 2.45) is 5.14 Å². The van der Waals surface area contributed by atoms with Gasteiger partial charge in [-0.3, -0.25) is 4.79 Å². The molecule has 3 aromatic rings. The molecule has 7 nitrogen and oxygen atoms in total. The van der Waals surface area contributed by atoms with Gasteiger partial charge in [0.1, 0.15) is 5.75 Å². The van der Waals surface area contributed by atoms with Crippen LogP contribution in [0.2, 0.25) is 0 Å². The number of nitrogens with two attached hydrogens (primary N) is 1. The summed E-state index contributed by atoms with van der Waals surface area (Å²) in [6, 6.07) is 20.5. The van der Waals surface area contributed by atoms with Crippen LogP contribution in [0, 0.1) is 0 Å². The van der Waals surface area contributed by atoms with E-state index in [9.17, 15) is 13.2 Å². The number of amides is 1. The summed E-state index contributed by atoms with van der Waals surface area (Å²) < 4.78 is 28.9. The molecule has 0 aliphatic carbocycles. The van der Waals surface area contributed by atoms with Gasteiger partial charge >= 0.3 is 0 Å². The van der Waals surface area contributed by atoms with Crippen molar-refractivity contribution >= 4 is 15.9 Å². The molecule has 8 heteroatoms. The Morgan fingerprint density at radius 3 is 2.58 bits per heavy atom. The number of benzene rings is 3. The second-order valence-electron chi connectivity index (χ2n) is 9.10. The predicted octanol–water partition coefficient (Wildman–Crippen LogP) is 3.55. The first-order chi connectivity index (χ1) is 17.4. The highest BCUT2D eigenvalue weighted by atomic mass is 32.2. The topological polar surface area (TPSA) is 111 Å². The molecule has 190 valence electrons. The lowest BCUT2D eigenvalue weighted by Gasteiger charge is -2.15. The quantitative estimate of drug-likeness (QED) is 0.489. The lowest BCUT2D eigenvalue weighted by molar-refractivity contribution is 0.0954. The van der Waals surface area contributed by atoms with E-state index in [1.807, 2.05) is 12.1 Å². The molecule has 4 N–H and O–H groups in total. The van der Waals surface area contributed by atoms with Gasteiger partial charge in [-0.25, -0.2) is 13.6 Å². The third-order valence-corrected chi connectivity index (χ3v) is 7.17. The van der Waals surface area contributed by atoms with Crippen LogP contribution in [-0.2, 0) is 29.4 Å². The van der Waals surface area contributed by atoms with Crippen molar-refractivity contribution in [1.29, 1.82) is 0 Å². The lowest BCUT2D eigenvalue weighted by atomic mass is 9.99. The Labute approximate surface area is 213 Å². The molecule has 36 heavy (non-hydrogen) atoms. The summed E-state index contributed by atoms with van der Waals surface area (Å²) >= 11 is 0. The zero-order chi connectivity index (χ0) is 25.4. The molecule has 1 aliphatic rings. The lowest BCUT2D eigenvalue weighted by Crippen LogP contribution is -2.25. The third kappa shape index (κ3) is 7.40. The number of ether oxygens (including phenoxy) is 1. The molecule has 0 atom stereocenters. The average molecular weight is 508 g/mol. The minimum absolute atomic E-state index is 0.0732. The highest BCUT2D eigenvalue weighted by molar-refractivity contribution is 7.89. The molecular formula is C28H33N3O4S. The van der Waals surface area contributed by atoms with Crippen molar-refractivity contribution in [1.82, 2.24) is 10.6 Å². The number of sulfonamides is 1. The number of nitrogens with one attached hydrogen (secondary N) is 2. The Kier molecular flexibility index (Phi) is 8.74. The third-order valence-electron chi connectivity index (χ3n) is 6.24. The van der Waals surface area contributed by atoms with Crippen LogP contribution >= 0.6 is 0 Å². The molecule has 1 aliphatic heterocycles. The zero-order valence-corrected chi connectivity index (χ0v) is 21.1. The molecule has 0 spiro atoms. The Balaban J connectivity index is 1.44. The number of fused-ring (bicyclic) bond motifs is 3. The van der Waals surface area contributed by atoms with Crippen molar-refractivity contribution < 1.29 is 17.9 Å². The van der Waals surface area contributed by atoms with E-state index in [4.69, 9.17) is 9.88 Å². The van der Waals surface area contributed by atoms with Gasteiger partial charge in [0.15, 0.2) is 0 Å². The average Bonchev–Trinajstić information content (AvgIpc) is 2.86. The van der Waals surface area contributed by atoms with E-state index < -0.39 is 10.0 Å². The SMILES string of the molecule is NS(=O)(=O)c1ccc(CCNC(=O)c2ccc3c(c2)Cc2cccc(c2)CNCCCCCO3)cc1. The first-order valence-corrected chi connectivity index (χ1v) is 13.9. The number of hydrogen-bond donors (Lipinski definition) is 3. The Bertz CT molecular complexity index is 1290. The van der Waals surface area contributed by atoms with Gasteiger partial charge in [-0.05, 0) is 84.8 Å². The van der Waals surface area contributed by atoms with Crippen molar-refractivity contribution in [2.75, 3.05) is 19.7 Å². The molecule has 0 unspecified atom stereocenters. The summed E-state index contributed by atoms with van der Waals surface area (Å²) in [5, 5.41) is 11.6.